The van der Waals surface area contributed by atoms with Crippen LogP contribution in [0.5, 0.6) is 0 Å². The van der Waals surface area contributed by atoms with E-state index < -0.39 is 18.3 Å². The fraction of sp³-hybridized carbons (Fsp3) is 0.600. The number of anilines is 1. The molecule has 1 aromatic rings. The molecule has 1 heterocycles. The summed E-state index contributed by atoms with van der Waals surface area (Å²) in [6.45, 7) is -0.473. The molecule has 5 nitrogen and oxygen atoms in total. The Kier molecular flexibility index (Phi) is 5.19. The summed E-state index contributed by atoms with van der Waals surface area (Å²) >= 11 is 5.79. The normalized spacial score (nSPS) is 11.7. The summed E-state index contributed by atoms with van der Waals surface area (Å²) in [4.78, 5) is 13.3. The monoisotopic (exact) mass is 298 g/mol. The molecule has 0 aliphatic heterocycles. The van der Waals surface area contributed by atoms with Crippen molar-refractivity contribution in [2.45, 2.75) is 19.1 Å². The van der Waals surface area contributed by atoms with Gasteiger partial charge in [-0.2, -0.15) is 18.3 Å². The summed E-state index contributed by atoms with van der Waals surface area (Å²) in [5.74, 6) is 0. The summed E-state index contributed by atoms with van der Waals surface area (Å²) in [7, 11) is 1.66. The molecule has 9 heteroatoms. The lowest BCUT2D eigenvalue weighted by atomic mass is 10.3. The lowest BCUT2D eigenvalue weighted by Gasteiger charge is -2.20. The van der Waals surface area contributed by atoms with E-state index in [1.165, 1.54) is 0 Å². The van der Waals surface area contributed by atoms with Gasteiger partial charge in [-0.1, -0.05) is 11.6 Å². The fourth-order valence-corrected chi connectivity index (χ4v) is 1.74. The Morgan fingerprint density at radius 3 is 2.68 bits per heavy atom. The number of hydrogen-bond acceptors (Lipinski definition) is 4. The predicted octanol–water partition coefficient (Wildman–Crippen LogP) is 1.24. The van der Waals surface area contributed by atoms with Crippen LogP contribution in [0, 0.1) is 0 Å². The van der Waals surface area contributed by atoms with Crippen molar-refractivity contribution < 1.29 is 13.2 Å². The number of nitrogens with zero attached hydrogens (tertiary/aromatic N) is 3. The second-order valence-electron chi connectivity index (χ2n) is 3.99. The smallest absolute Gasteiger partial charge is 0.372 e. The zero-order chi connectivity index (χ0) is 14.6. The standard InChI is InChI=1S/C10H14ClF3N4O/c1-17(4-2-3-15)7-5-16-18(6-10(12,13)14)9(19)8(7)11/h5H,2-4,6,15H2,1H3. The summed E-state index contributed by atoms with van der Waals surface area (Å²) in [5.41, 5.74) is 4.68. The molecule has 1 rings (SSSR count). The third kappa shape index (κ3) is 4.39. The topological polar surface area (TPSA) is 64.2 Å². The van der Waals surface area contributed by atoms with Gasteiger partial charge in [0.25, 0.3) is 5.56 Å². The number of rotatable bonds is 5. The molecule has 0 unspecified atom stereocenters. The molecular formula is C10H14ClF3N4O. The van der Waals surface area contributed by atoms with Gasteiger partial charge in [-0.25, -0.2) is 4.68 Å². The Labute approximate surface area is 112 Å². The van der Waals surface area contributed by atoms with E-state index in [-0.39, 0.29) is 5.02 Å². The lowest BCUT2D eigenvalue weighted by Crippen LogP contribution is -2.32. The van der Waals surface area contributed by atoms with E-state index in [0.29, 0.717) is 29.9 Å². The molecule has 0 bridgehead atoms. The molecule has 0 atom stereocenters. The van der Waals surface area contributed by atoms with Crippen LogP contribution in [-0.4, -0.2) is 36.1 Å². The summed E-state index contributed by atoms with van der Waals surface area (Å²) in [5, 5.41) is 3.20. The number of nitrogens with two attached hydrogens (primary N) is 1. The van der Waals surface area contributed by atoms with E-state index in [4.69, 9.17) is 17.3 Å². The Morgan fingerprint density at radius 2 is 2.16 bits per heavy atom. The SMILES string of the molecule is CN(CCCN)c1cnn(CC(F)(F)F)c(=O)c1Cl. The van der Waals surface area contributed by atoms with E-state index in [2.05, 4.69) is 5.10 Å². The Balaban J connectivity index is 3.01. The molecule has 0 radical (unpaired) electrons. The molecule has 0 fully saturated rings. The molecule has 0 saturated carbocycles. The first-order valence-electron chi connectivity index (χ1n) is 5.50. The maximum atomic E-state index is 12.2. The van der Waals surface area contributed by atoms with Gasteiger partial charge in [0.05, 0.1) is 11.9 Å². The molecule has 0 aliphatic carbocycles. The van der Waals surface area contributed by atoms with Crippen LogP contribution in [0.4, 0.5) is 18.9 Å². The van der Waals surface area contributed by atoms with Crippen molar-refractivity contribution >= 4 is 17.3 Å². The third-order valence-electron chi connectivity index (χ3n) is 2.40. The molecule has 108 valence electrons. The van der Waals surface area contributed by atoms with Gasteiger partial charge in [0.1, 0.15) is 11.6 Å². The minimum absolute atomic E-state index is 0.279. The van der Waals surface area contributed by atoms with Gasteiger partial charge in [0, 0.05) is 13.6 Å². The number of aromatic nitrogens is 2. The number of halogens is 4. The first kappa shape index (κ1) is 15.8. The van der Waals surface area contributed by atoms with E-state index in [9.17, 15) is 18.0 Å². The summed E-state index contributed by atoms with van der Waals surface area (Å²) < 4.78 is 36.9. The van der Waals surface area contributed by atoms with Crippen molar-refractivity contribution in [3.05, 3.63) is 21.6 Å². The van der Waals surface area contributed by atoms with Gasteiger partial charge in [-0.15, -0.1) is 0 Å². The van der Waals surface area contributed by atoms with Gasteiger partial charge < -0.3 is 10.6 Å². The second kappa shape index (κ2) is 6.25. The summed E-state index contributed by atoms with van der Waals surface area (Å²) in [6, 6.07) is 0. The van der Waals surface area contributed by atoms with Crippen molar-refractivity contribution in [1.82, 2.24) is 9.78 Å². The fourth-order valence-electron chi connectivity index (χ4n) is 1.45. The highest BCUT2D eigenvalue weighted by molar-refractivity contribution is 6.33. The van der Waals surface area contributed by atoms with Gasteiger partial charge in [-0.05, 0) is 13.0 Å². The number of hydrogen-bond donors (Lipinski definition) is 1. The van der Waals surface area contributed by atoms with E-state index in [1.54, 1.807) is 11.9 Å². The van der Waals surface area contributed by atoms with Crippen molar-refractivity contribution in [3.8, 4) is 0 Å². The molecule has 2 N–H and O–H groups in total. The largest absolute Gasteiger partial charge is 0.408 e. The molecule has 0 spiro atoms. The van der Waals surface area contributed by atoms with Crippen LogP contribution in [-0.2, 0) is 6.54 Å². The molecule has 0 amide bonds. The molecular weight excluding hydrogens is 285 g/mol. The molecule has 0 aromatic carbocycles. The zero-order valence-corrected chi connectivity index (χ0v) is 11.0. The van der Waals surface area contributed by atoms with Crippen LogP contribution in [0.25, 0.3) is 0 Å². The maximum Gasteiger partial charge on any atom is 0.408 e. The van der Waals surface area contributed by atoms with Crippen LogP contribution < -0.4 is 16.2 Å². The molecule has 1 aromatic heterocycles. The highest BCUT2D eigenvalue weighted by atomic mass is 35.5. The first-order chi connectivity index (χ1) is 8.76. The van der Waals surface area contributed by atoms with Crippen molar-refractivity contribution in [2.24, 2.45) is 5.73 Å². The minimum atomic E-state index is -4.52. The van der Waals surface area contributed by atoms with Crippen molar-refractivity contribution in [3.63, 3.8) is 0 Å². The van der Waals surface area contributed by atoms with Crippen LogP contribution in [0.15, 0.2) is 11.0 Å². The average Bonchev–Trinajstić information content (AvgIpc) is 2.30. The highest BCUT2D eigenvalue weighted by Crippen LogP contribution is 2.21. The molecule has 19 heavy (non-hydrogen) atoms. The Hall–Kier alpha value is -1.28. The van der Waals surface area contributed by atoms with Crippen molar-refractivity contribution in [2.75, 3.05) is 25.0 Å². The van der Waals surface area contributed by atoms with Crippen LogP contribution in [0.1, 0.15) is 6.42 Å². The van der Waals surface area contributed by atoms with Crippen LogP contribution in [0.2, 0.25) is 5.02 Å². The van der Waals surface area contributed by atoms with E-state index in [1.807, 2.05) is 0 Å². The van der Waals surface area contributed by atoms with Crippen LogP contribution in [0.3, 0.4) is 0 Å². The predicted molar refractivity (Wildman–Crippen MR) is 66.5 cm³/mol. The maximum absolute atomic E-state index is 12.2. The lowest BCUT2D eigenvalue weighted by molar-refractivity contribution is -0.143. The first-order valence-corrected chi connectivity index (χ1v) is 5.87. The molecule has 0 aliphatic rings. The Bertz CT molecular complexity index is 489. The van der Waals surface area contributed by atoms with Gasteiger partial charge >= 0.3 is 6.18 Å². The van der Waals surface area contributed by atoms with Gasteiger partial charge in [-0.3, -0.25) is 4.79 Å². The van der Waals surface area contributed by atoms with Crippen molar-refractivity contribution in [1.29, 1.82) is 0 Å². The second-order valence-corrected chi connectivity index (χ2v) is 4.36. The highest BCUT2D eigenvalue weighted by Gasteiger charge is 2.29. The molecule has 0 saturated heterocycles. The number of alkyl halides is 3. The van der Waals surface area contributed by atoms with E-state index >= 15 is 0 Å². The minimum Gasteiger partial charge on any atom is -0.372 e. The zero-order valence-electron chi connectivity index (χ0n) is 10.2. The van der Waals surface area contributed by atoms with Gasteiger partial charge in [0.15, 0.2) is 0 Å². The summed E-state index contributed by atoms with van der Waals surface area (Å²) in [6.07, 6.45) is -2.71. The third-order valence-corrected chi connectivity index (χ3v) is 2.76. The Morgan fingerprint density at radius 1 is 1.53 bits per heavy atom. The average molecular weight is 299 g/mol. The van der Waals surface area contributed by atoms with E-state index in [0.717, 1.165) is 6.20 Å². The van der Waals surface area contributed by atoms with Gasteiger partial charge in [0.2, 0.25) is 0 Å². The quantitative estimate of drug-likeness (QED) is 0.888. The van der Waals surface area contributed by atoms with Crippen LogP contribution >= 0.6 is 11.6 Å².